The smallest absolute Gasteiger partial charge is 0.160 e. The van der Waals surface area contributed by atoms with Crippen LogP contribution in [0.2, 0.25) is 0 Å². The Labute approximate surface area is 294 Å². The fourth-order valence-corrected chi connectivity index (χ4v) is 6.62. The number of unbranched alkanes of at least 4 members (excludes halogenated alkanes) is 30. The monoisotopic (exact) mass is 657 g/mol. The van der Waals surface area contributed by atoms with Crippen LogP contribution < -0.4 is 9.47 Å². The molecule has 1 aromatic rings. The van der Waals surface area contributed by atoms with Crippen molar-refractivity contribution < 1.29 is 14.3 Å². The molecule has 1 rings (SSSR count). The molecule has 0 amide bonds. The SMILES string of the molecule is CCCCCCCCCCCCCCCCCCOc1cc(OCCCCCCCCCCCCCCCCCC)cc(C(C)=O)c1. The van der Waals surface area contributed by atoms with Gasteiger partial charge in [0.25, 0.3) is 0 Å². The molecule has 0 radical (unpaired) electrons. The highest BCUT2D eigenvalue weighted by Gasteiger charge is 2.07. The molecule has 0 spiro atoms. The third-order valence-electron chi connectivity index (χ3n) is 9.82. The summed E-state index contributed by atoms with van der Waals surface area (Å²) in [6.07, 6.45) is 43.9. The van der Waals surface area contributed by atoms with Gasteiger partial charge in [-0.15, -0.1) is 0 Å². The van der Waals surface area contributed by atoms with Crippen LogP contribution >= 0.6 is 0 Å². The number of carbonyl (C=O) groups is 1. The highest BCUT2D eigenvalue weighted by Crippen LogP contribution is 2.24. The van der Waals surface area contributed by atoms with Gasteiger partial charge in [-0.1, -0.05) is 206 Å². The molecule has 0 bridgehead atoms. The van der Waals surface area contributed by atoms with Crippen molar-refractivity contribution in [3.05, 3.63) is 23.8 Å². The van der Waals surface area contributed by atoms with Crippen LogP contribution in [0.5, 0.6) is 11.5 Å². The number of hydrogen-bond acceptors (Lipinski definition) is 3. The second kappa shape index (κ2) is 34.4. The Morgan fingerprint density at radius 3 is 0.851 bits per heavy atom. The maximum atomic E-state index is 12.1. The largest absolute Gasteiger partial charge is 0.493 e. The van der Waals surface area contributed by atoms with E-state index in [2.05, 4.69) is 13.8 Å². The van der Waals surface area contributed by atoms with Gasteiger partial charge in [-0.2, -0.15) is 0 Å². The summed E-state index contributed by atoms with van der Waals surface area (Å²) in [7, 11) is 0. The first-order valence-corrected chi connectivity index (χ1v) is 21.1. The van der Waals surface area contributed by atoms with Gasteiger partial charge in [-0.05, 0) is 31.9 Å². The molecule has 274 valence electrons. The normalized spacial score (nSPS) is 11.3. The van der Waals surface area contributed by atoms with E-state index < -0.39 is 0 Å². The maximum Gasteiger partial charge on any atom is 0.160 e. The molecular weight excluding hydrogens is 576 g/mol. The topological polar surface area (TPSA) is 35.5 Å². The standard InChI is InChI=1S/C44H80O3/c1-4-6-8-10-12-14-16-18-20-22-24-26-28-30-32-34-36-46-43-38-42(41(3)45)39-44(40-43)47-37-35-33-31-29-27-25-23-21-19-17-15-13-11-9-7-5-2/h38-40H,4-37H2,1-3H3. The van der Waals surface area contributed by atoms with E-state index in [0.717, 1.165) is 24.3 Å². The molecule has 0 aliphatic carbocycles. The molecule has 0 saturated carbocycles. The number of benzene rings is 1. The lowest BCUT2D eigenvalue weighted by Gasteiger charge is -2.12. The van der Waals surface area contributed by atoms with Gasteiger partial charge in [-0.25, -0.2) is 0 Å². The fourth-order valence-electron chi connectivity index (χ4n) is 6.62. The number of ether oxygens (including phenoxy) is 2. The van der Waals surface area contributed by atoms with Crippen LogP contribution in [-0.2, 0) is 0 Å². The number of carbonyl (C=O) groups excluding carboxylic acids is 1. The van der Waals surface area contributed by atoms with E-state index in [1.807, 2.05) is 18.2 Å². The van der Waals surface area contributed by atoms with Crippen molar-refractivity contribution in [1.82, 2.24) is 0 Å². The fraction of sp³-hybridized carbons (Fsp3) is 0.841. The molecule has 0 heterocycles. The number of Topliss-reactive ketones (excluding diaryl/α,β-unsaturated/α-hetero) is 1. The first-order chi connectivity index (χ1) is 23.2. The third kappa shape index (κ3) is 29.2. The maximum absolute atomic E-state index is 12.1. The van der Waals surface area contributed by atoms with Crippen LogP contribution in [0, 0.1) is 0 Å². The number of hydrogen-bond donors (Lipinski definition) is 0. The molecule has 0 aromatic heterocycles. The summed E-state index contributed by atoms with van der Waals surface area (Å²) >= 11 is 0. The van der Waals surface area contributed by atoms with Crippen LogP contribution in [0.4, 0.5) is 0 Å². The zero-order valence-corrected chi connectivity index (χ0v) is 32.0. The number of ketones is 1. The predicted molar refractivity (Wildman–Crippen MR) is 207 cm³/mol. The predicted octanol–water partition coefficient (Wildman–Crippen LogP) is 15.2. The second-order valence-electron chi connectivity index (χ2n) is 14.6. The van der Waals surface area contributed by atoms with E-state index in [0.29, 0.717) is 18.8 Å². The second-order valence-corrected chi connectivity index (χ2v) is 14.6. The Morgan fingerprint density at radius 1 is 0.383 bits per heavy atom. The highest BCUT2D eigenvalue weighted by molar-refractivity contribution is 5.94. The van der Waals surface area contributed by atoms with Crippen molar-refractivity contribution in [2.24, 2.45) is 0 Å². The molecule has 47 heavy (non-hydrogen) atoms. The van der Waals surface area contributed by atoms with Crippen LogP contribution in [0.3, 0.4) is 0 Å². The summed E-state index contributed by atoms with van der Waals surface area (Å²) in [4.78, 5) is 12.1. The van der Waals surface area contributed by atoms with Gasteiger partial charge in [0, 0.05) is 11.6 Å². The van der Waals surface area contributed by atoms with Gasteiger partial charge in [0.1, 0.15) is 11.5 Å². The van der Waals surface area contributed by atoms with Gasteiger partial charge >= 0.3 is 0 Å². The Bertz CT molecular complexity index is 747. The van der Waals surface area contributed by atoms with Gasteiger partial charge < -0.3 is 9.47 Å². The van der Waals surface area contributed by atoms with Crippen LogP contribution in [-0.4, -0.2) is 19.0 Å². The summed E-state index contributed by atoms with van der Waals surface area (Å²) < 4.78 is 12.1. The van der Waals surface area contributed by atoms with Crippen LogP contribution in [0.25, 0.3) is 0 Å². The summed E-state index contributed by atoms with van der Waals surface area (Å²) in [6.45, 7) is 7.62. The van der Waals surface area contributed by atoms with Crippen LogP contribution in [0.15, 0.2) is 18.2 Å². The molecule has 0 unspecified atom stereocenters. The van der Waals surface area contributed by atoms with E-state index in [9.17, 15) is 4.79 Å². The Hall–Kier alpha value is -1.51. The Morgan fingerprint density at radius 2 is 0.617 bits per heavy atom. The van der Waals surface area contributed by atoms with Crippen molar-refractivity contribution in [3.63, 3.8) is 0 Å². The van der Waals surface area contributed by atoms with Gasteiger partial charge in [0.2, 0.25) is 0 Å². The molecule has 0 fully saturated rings. The molecule has 3 nitrogen and oxygen atoms in total. The molecule has 0 aliphatic heterocycles. The Kier molecular flexibility index (Phi) is 31.8. The van der Waals surface area contributed by atoms with Crippen LogP contribution in [0.1, 0.15) is 237 Å². The average Bonchev–Trinajstić information content (AvgIpc) is 3.07. The first-order valence-electron chi connectivity index (χ1n) is 21.1. The zero-order valence-electron chi connectivity index (χ0n) is 32.0. The van der Waals surface area contributed by atoms with Crippen molar-refractivity contribution in [2.45, 2.75) is 226 Å². The summed E-state index contributed by atoms with van der Waals surface area (Å²) in [6, 6.07) is 5.71. The molecule has 1 aromatic carbocycles. The van der Waals surface area contributed by atoms with Crippen molar-refractivity contribution in [1.29, 1.82) is 0 Å². The lowest BCUT2D eigenvalue weighted by molar-refractivity contribution is 0.101. The molecule has 0 N–H and O–H groups in total. The van der Waals surface area contributed by atoms with Gasteiger partial charge in [0.15, 0.2) is 5.78 Å². The molecule has 3 heteroatoms. The van der Waals surface area contributed by atoms with Crippen molar-refractivity contribution in [2.75, 3.05) is 13.2 Å². The first kappa shape index (κ1) is 43.5. The minimum absolute atomic E-state index is 0.0603. The van der Waals surface area contributed by atoms with Crippen molar-refractivity contribution >= 4 is 5.78 Å². The summed E-state index contributed by atoms with van der Waals surface area (Å²) in [5.41, 5.74) is 0.677. The number of rotatable bonds is 37. The average molecular weight is 657 g/mol. The van der Waals surface area contributed by atoms with E-state index in [4.69, 9.17) is 9.47 Å². The molecule has 0 aliphatic rings. The third-order valence-corrected chi connectivity index (χ3v) is 9.82. The van der Waals surface area contributed by atoms with E-state index in [1.54, 1.807) is 6.92 Å². The Balaban J connectivity index is 2.01. The lowest BCUT2D eigenvalue weighted by atomic mass is 10.0. The quantitative estimate of drug-likeness (QED) is 0.0528. The summed E-state index contributed by atoms with van der Waals surface area (Å²) in [5.74, 6) is 1.59. The molecule has 0 atom stereocenters. The van der Waals surface area contributed by atoms with Gasteiger partial charge in [0.05, 0.1) is 13.2 Å². The zero-order chi connectivity index (χ0) is 33.9. The van der Waals surface area contributed by atoms with Crippen molar-refractivity contribution in [3.8, 4) is 11.5 Å². The minimum Gasteiger partial charge on any atom is -0.493 e. The lowest BCUT2D eigenvalue weighted by Crippen LogP contribution is -2.02. The van der Waals surface area contributed by atoms with E-state index in [-0.39, 0.29) is 5.78 Å². The molecular formula is C44H80O3. The van der Waals surface area contributed by atoms with E-state index in [1.165, 1.54) is 193 Å². The van der Waals surface area contributed by atoms with E-state index >= 15 is 0 Å². The minimum atomic E-state index is 0.0603. The van der Waals surface area contributed by atoms with Gasteiger partial charge in [-0.3, -0.25) is 4.79 Å². The summed E-state index contributed by atoms with van der Waals surface area (Å²) in [5, 5.41) is 0. The molecule has 0 saturated heterocycles. The highest BCUT2D eigenvalue weighted by atomic mass is 16.5.